The van der Waals surface area contributed by atoms with Crippen LogP contribution >= 0.6 is 0 Å². The van der Waals surface area contributed by atoms with Gasteiger partial charge in [-0.05, 0) is 38.0 Å². The van der Waals surface area contributed by atoms with E-state index in [1.807, 2.05) is 17.7 Å². The number of carbonyl (C=O) groups is 2. The molecule has 1 heterocycles. The minimum atomic E-state index is -4.10. The van der Waals surface area contributed by atoms with Crippen LogP contribution in [-0.2, 0) is 19.6 Å². The third-order valence-electron chi connectivity index (χ3n) is 4.17. The molecule has 1 N–H and O–H groups in total. The van der Waals surface area contributed by atoms with E-state index in [2.05, 4.69) is 0 Å². The average molecular weight is 349 g/mol. The summed E-state index contributed by atoms with van der Waals surface area (Å²) in [5.74, 6) is -0.897. The number of benzene rings is 1. The molecule has 0 saturated carbocycles. The Morgan fingerprint density at radius 2 is 2.12 bits per heavy atom. The Labute approximate surface area is 141 Å². The quantitative estimate of drug-likeness (QED) is 0.858. The van der Waals surface area contributed by atoms with Gasteiger partial charge in [0.15, 0.2) is 0 Å². The summed E-state index contributed by atoms with van der Waals surface area (Å²) in [6.45, 7) is 3.86. The minimum Gasteiger partial charge on any atom is -0.328 e. The van der Waals surface area contributed by atoms with E-state index in [4.69, 9.17) is 5.26 Å². The lowest BCUT2D eigenvalue weighted by molar-refractivity contribution is -0.156. The molecule has 1 saturated heterocycles. The zero-order valence-corrected chi connectivity index (χ0v) is 14.4. The van der Waals surface area contributed by atoms with Crippen LogP contribution in [-0.4, -0.2) is 37.2 Å². The van der Waals surface area contributed by atoms with Crippen LogP contribution in [0, 0.1) is 11.3 Å². The molecule has 24 heavy (non-hydrogen) atoms. The maximum absolute atomic E-state index is 12.5. The van der Waals surface area contributed by atoms with Crippen LogP contribution < -0.4 is 4.72 Å². The molecule has 0 aromatic heterocycles. The first-order valence-electron chi connectivity index (χ1n) is 7.62. The van der Waals surface area contributed by atoms with Gasteiger partial charge in [0.2, 0.25) is 5.91 Å². The monoisotopic (exact) mass is 349 g/mol. The van der Waals surface area contributed by atoms with Gasteiger partial charge in [-0.15, -0.1) is 0 Å². The van der Waals surface area contributed by atoms with E-state index in [1.165, 1.54) is 29.2 Å². The predicted molar refractivity (Wildman–Crippen MR) is 86.1 cm³/mol. The lowest BCUT2D eigenvalue weighted by Crippen LogP contribution is -2.67. The second-order valence-electron chi connectivity index (χ2n) is 5.89. The number of hydrogen-bond donors (Lipinski definition) is 1. The van der Waals surface area contributed by atoms with Gasteiger partial charge in [0.1, 0.15) is 5.54 Å². The molecule has 7 nitrogen and oxygen atoms in total. The largest absolute Gasteiger partial charge is 0.328 e. The fourth-order valence-corrected chi connectivity index (χ4v) is 3.69. The van der Waals surface area contributed by atoms with Gasteiger partial charge in [-0.25, -0.2) is 13.1 Å². The van der Waals surface area contributed by atoms with Crippen molar-refractivity contribution in [2.75, 3.05) is 6.54 Å². The number of carbonyl (C=O) groups excluding carboxylic acids is 2. The number of nitriles is 1. The molecule has 2 amide bonds. The van der Waals surface area contributed by atoms with Gasteiger partial charge in [0.05, 0.1) is 16.5 Å². The second kappa shape index (κ2) is 6.61. The lowest BCUT2D eigenvalue weighted by atomic mass is 9.85. The molecule has 1 unspecified atom stereocenters. The zero-order valence-electron chi connectivity index (χ0n) is 13.6. The van der Waals surface area contributed by atoms with Crippen molar-refractivity contribution in [1.29, 1.82) is 5.26 Å². The van der Waals surface area contributed by atoms with E-state index >= 15 is 0 Å². The summed E-state index contributed by atoms with van der Waals surface area (Å²) in [5.41, 5.74) is -0.980. The molecule has 1 aromatic carbocycles. The molecule has 1 aromatic rings. The van der Waals surface area contributed by atoms with Crippen molar-refractivity contribution >= 4 is 21.8 Å². The van der Waals surface area contributed by atoms with E-state index in [-0.39, 0.29) is 16.4 Å². The second-order valence-corrected chi connectivity index (χ2v) is 7.58. The van der Waals surface area contributed by atoms with Gasteiger partial charge in [0.25, 0.3) is 15.9 Å². The SMILES string of the molecule is CCCC(=O)N1CCC1(C)C(=O)NS(=O)(=O)c1cccc(C#N)c1. The molecule has 1 aliphatic heterocycles. The number of rotatable bonds is 5. The van der Waals surface area contributed by atoms with Crippen LogP contribution in [0.5, 0.6) is 0 Å². The standard InChI is InChI=1S/C16H19N3O4S/c1-3-5-14(20)19-9-8-16(19,2)15(21)18-24(22,23)13-7-4-6-12(10-13)11-17/h4,6-7,10H,3,5,8-9H2,1-2H3,(H,18,21). The fraction of sp³-hybridized carbons (Fsp3) is 0.438. The van der Waals surface area contributed by atoms with Crippen molar-refractivity contribution in [3.63, 3.8) is 0 Å². The molecule has 0 spiro atoms. The van der Waals surface area contributed by atoms with Crippen LogP contribution in [0.25, 0.3) is 0 Å². The van der Waals surface area contributed by atoms with E-state index in [0.717, 1.165) is 0 Å². The van der Waals surface area contributed by atoms with Crippen LogP contribution in [0.3, 0.4) is 0 Å². The normalized spacial score (nSPS) is 20.0. The molecule has 1 fully saturated rings. The van der Waals surface area contributed by atoms with Crippen molar-refractivity contribution in [3.05, 3.63) is 29.8 Å². The van der Waals surface area contributed by atoms with Crippen LogP contribution in [0.2, 0.25) is 0 Å². The fourth-order valence-electron chi connectivity index (χ4n) is 2.57. The van der Waals surface area contributed by atoms with Gasteiger partial charge in [0, 0.05) is 13.0 Å². The van der Waals surface area contributed by atoms with Gasteiger partial charge in [-0.3, -0.25) is 9.59 Å². The van der Waals surface area contributed by atoms with Crippen molar-refractivity contribution in [1.82, 2.24) is 9.62 Å². The van der Waals surface area contributed by atoms with E-state index < -0.39 is 21.5 Å². The highest BCUT2D eigenvalue weighted by molar-refractivity contribution is 7.90. The molecule has 8 heteroatoms. The van der Waals surface area contributed by atoms with Crippen LogP contribution in [0.15, 0.2) is 29.2 Å². The lowest BCUT2D eigenvalue weighted by Gasteiger charge is -2.48. The highest BCUT2D eigenvalue weighted by atomic mass is 32.2. The molecule has 0 bridgehead atoms. The number of hydrogen-bond acceptors (Lipinski definition) is 5. The van der Waals surface area contributed by atoms with Gasteiger partial charge < -0.3 is 4.90 Å². The van der Waals surface area contributed by atoms with Crippen molar-refractivity contribution in [3.8, 4) is 6.07 Å². The minimum absolute atomic E-state index is 0.162. The average Bonchev–Trinajstić information content (AvgIpc) is 2.52. The van der Waals surface area contributed by atoms with Gasteiger partial charge >= 0.3 is 0 Å². The number of likely N-dealkylation sites (tertiary alicyclic amines) is 1. The number of nitrogens with zero attached hydrogens (tertiary/aromatic N) is 2. The molecule has 1 atom stereocenters. The van der Waals surface area contributed by atoms with Crippen molar-refractivity contribution in [2.45, 2.75) is 43.5 Å². The van der Waals surface area contributed by atoms with E-state index in [1.54, 1.807) is 6.92 Å². The first-order chi connectivity index (χ1) is 11.2. The molecular formula is C16H19N3O4S. The summed E-state index contributed by atoms with van der Waals surface area (Å²) < 4.78 is 26.7. The summed E-state index contributed by atoms with van der Waals surface area (Å²) in [4.78, 5) is 25.7. The Morgan fingerprint density at radius 3 is 2.67 bits per heavy atom. The topological polar surface area (TPSA) is 107 Å². The maximum atomic E-state index is 12.5. The van der Waals surface area contributed by atoms with Gasteiger partial charge in [-0.2, -0.15) is 5.26 Å². The number of amides is 2. The highest BCUT2D eigenvalue weighted by Gasteiger charge is 2.50. The molecule has 1 aliphatic rings. The summed E-state index contributed by atoms with van der Waals surface area (Å²) in [7, 11) is -4.10. The predicted octanol–water partition coefficient (Wildman–Crippen LogP) is 1.15. The maximum Gasteiger partial charge on any atom is 0.264 e. The Balaban J connectivity index is 2.19. The molecule has 0 aliphatic carbocycles. The van der Waals surface area contributed by atoms with Gasteiger partial charge in [-0.1, -0.05) is 13.0 Å². The Bertz CT molecular complexity index is 813. The summed E-state index contributed by atoms with van der Waals surface area (Å²) >= 11 is 0. The zero-order chi connectivity index (χ0) is 18.0. The summed E-state index contributed by atoms with van der Waals surface area (Å²) in [5, 5.41) is 8.86. The third-order valence-corrected chi connectivity index (χ3v) is 5.50. The highest BCUT2D eigenvalue weighted by Crippen LogP contribution is 2.32. The Morgan fingerprint density at radius 1 is 1.42 bits per heavy atom. The van der Waals surface area contributed by atoms with Crippen LogP contribution in [0.4, 0.5) is 0 Å². The van der Waals surface area contributed by atoms with Crippen LogP contribution in [0.1, 0.15) is 38.7 Å². The summed E-state index contributed by atoms with van der Waals surface area (Å²) in [6.07, 6.45) is 1.38. The first-order valence-corrected chi connectivity index (χ1v) is 9.11. The Kier molecular flexibility index (Phi) is 4.94. The first kappa shape index (κ1) is 17.9. The molecule has 128 valence electrons. The number of nitrogens with one attached hydrogen (secondary N) is 1. The Hall–Kier alpha value is -2.40. The molecule has 2 rings (SSSR count). The smallest absolute Gasteiger partial charge is 0.264 e. The molecule has 0 radical (unpaired) electrons. The third kappa shape index (κ3) is 3.26. The van der Waals surface area contributed by atoms with E-state index in [9.17, 15) is 18.0 Å². The van der Waals surface area contributed by atoms with E-state index in [0.29, 0.717) is 25.8 Å². The number of sulfonamides is 1. The summed E-state index contributed by atoms with van der Waals surface area (Å²) in [6, 6.07) is 7.25. The molecular weight excluding hydrogens is 330 g/mol. The van der Waals surface area contributed by atoms with Crippen molar-refractivity contribution < 1.29 is 18.0 Å². The van der Waals surface area contributed by atoms with Crippen molar-refractivity contribution in [2.24, 2.45) is 0 Å².